The minimum atomic E-state index is -0.762. The Balaban J connectivity index is 4.30. The second kappa shape index (κ2) is 38.7. The van der Waals surface area contributed by atoms with Crippen molar-refractivity contribution in [3.63, 3.8) is 0 Å². The van der Waals surface area contributed by atoms with Crippen LogP contribution in [0.25, 0.3) is 0 Å². The molecule has 0 bridgehead atoms. The van der Waals surface area contributed by atoms with E-state index in [1.54, 1.807) is 0 Å². The number of ether oxygens (including phenoxy) is 3. The van der Waals surface area contributed by atoms with Crippen LogP contribution in [0, 0.1) is 17.8 Å². The van der Waals surface area contributed by atoms with Gasteiger partial charge in [0.1, 0.15) is 13.2 Å². The molecule has 0 amide bonds. The topological polar surface area (TPSA) is 78.9 Å². The molecule has 53 heavy (non-hydrogen) atoms. The van der Waals surface area contributed by atoms with Crippen molar-refractivity contribution >= 4 is 17.9 Å². The van der Waals surface area contributed by atoms with Crippen LogP contribution in [-0.4, -0.2) is 37.2 Å². The summed E-state index contributed by atoms with van der Waals surface area (Å²) in [6.07, 6.45) is 35.4. The van der Waals surface area contributed by atoms with E-state index in [9.17, 15) is 14.4 Å². The standard InChI is InChI=1S/C47H90O6/c1-41(2)33-27-21-15-11-9-7-8-10-12-17-24-30-36-45(48)51-39-44(40-52-46(49)37-31-25-20-19-23-29-35-43(5)6)53-47(50)38-32-26-18-14-13-16-22-28-34-42(3)4/h41-44H,7-40H2,1-6H3/t44-/m1/s1. The molecule has 0 spiro atoms. The summed E-state index contributed by atoms with van der Waals surface area (Å²) < 4.78 is 16.7. The molecule has 0 aromatic rings. The minimum Gasteiger partial charge on any atom is -0.462 e. The summed E-state index contributed by atoms with van der Waals surface area (Å²) in [6, 6.07) is 0. The summed E-state index contributed by atoms with van der Waals surface area (Å²) >= 11 is 0. The van der Waals surface area contributed by atoms with Crippen LogP contribution >= 0.6 is 0 Å². The Bertz CT molecular complexity index is 822. The van der Waals surface area contributed by atoms with Crippen LogP contribution in [0.3, 0.4) is 0 Å². The van der Waals surface area contributed by atoms with Crippen LogP contribution in [0.2, 0.25) is 0 Å². The zero-order valence-corrected chi connectivity index (χ0v) is 36.3. The molecule has 0 N–H and O–H groups in total. The molecule has 0 fully saturated rings. The number of rotatable bonds is 40. The monoisotopic (exact) mass is 751 g/mol. The van der Waals surface area contributed by atoms with Gasteiger partial charge in [-0.2, -0.15) is 0 Å². The lowest BCUT2D eigenvalue weighted by Gasteiger charge is -2.18. The van der Waals surface area contributed by atoms with Gasteiger partial charge in [-0.1, -0.05) is 208 Å². The number of hydrogen-bond acceptors (Lipinski definition) is 6. The highest BCUT2D eigenvalue weighted by Gasteiger charge is 2.19. The van der Waals surface area contributed by atoms with E-state index in [-0.39, 0.29) is 31.1 Å². The largest absolute Gasteiger partial charge is 0.462 e. The fraction of sp³-hybridized carbons (Fsp3) is 0.936. The van der Waals surface area contributed by atoms with E-state index in [0.29, 0.717) is 19.3 Å². The van der Waals surface area contributed by atoms with Crippen molar-refractivity contribution in [3.8, 4) is 0 Å². The highest BCUT2D eigenvalue weighted by Crippen LogP contribution is 2.17. The molecule has 1 atom stereocenters. The third-order valence-corrected chi connectivity index (χ3v) is 10.4. The molecule has 0 saturated heterocycles. The zero-order valence-electron chi connectivity index (χ0n) is 36.3. The van der Waals surface area contributed by atoms with E-state index < -0.39 is 6.10 Å². The Morgan fingerprint density at radius 3 is 0.811 bits per heavy atom. The van der Waals surface area contributed by atoms with Crippen molar-refractivity contribution < 1.29 is 28.6 Å². The lowest BCUT2D eigenvalue weighted by Crippen LogP contribution is -2.30. The van der Waals surface area contributed by atoms with E-state index in [0.717, 1.165) is 75.5 Å². The number of unbranched alkanes of at least 4 members (excludes halogenated alkanes) is 23. The van der Waals surface area contributed by atoms with Crippen LogP contribution in [-0.2, 0) is 28.6 Å². The summed E-state index contributed by atoms with van der Waals surface area (Å²) in [5.74, 6) is 1.52. The number of carbonyl (C=O) groups excluding carboxylic acids is 3. The first-order chi connectivity index (χ1) is 25.6. The van der Waals surface area contributed by atoms with Gasteiger partial charge < -0.3 is 14.2 Å². The van der Waals surface area contributed by atoms with Gasteiger partial charge in [0.15, 0.2) is 6.10 Å². The number of hydrogen-bond donors (Lipinski definition) is 0. The molecule has 0 aliphatic carbocycles. The van der Waals surface area contributed by atoms with Crippen LogP contribution < -0.4 is 0 Å². The van der Waals surface area contributed by atoms with Gasteiger partial charge in [0, 0.05) is 19.3 Å². The van der Waals surface area contributed by atoms with E-state index in [1.165, 1.54) is 128 Å². The molecule has 314 valence electrons. The SMILES string of the molecule is CC(C)CCCCCCCCCCCCCCC(=O)OC[C@H](COC(=O)CCCCCCCCC(C)C)OC(=O)CCCCCCCCCCC(C)C. The van der Waals surface area contributed by atoms with E-state index in [1.807, 2.05) is 0 Å². The molecule has 0 heterocycles. The fourth-order valence-electron chi connectivity index (χ4n) is 6.88. The molecule has 0 unspecified atom stereocenters. The van der Waals surface area contributed by atoms with Crippen LogP contribution in [0.5, 0.6) is 0 Å². The number of esters is 3. The Kier molecular flexibility index (Phi) is 37.5. The Morgan fingerprint density at radius 2 is 0.547 bits per heavy atom. The van der Waals surface area contributed by atoms with Crippen molar-refractivity contribution in [2.45, 2.75) is 253 Å². The highest BCUT2D eigenvalue weighted by atomic mass is 16.6. The van der Waals surface area contributed by atoms with Crippen LogP contribution in [0.4, 0.5) is 0 Å². The van der Waals surface area contributed by atoms with Gasteiger partial charge in [-0.15, -0.1) is 0 Å². The van der Waals surface area contributed by atoms with Gasteiger partial charge in [-0.3, -0.25) is 14.4 Å². The van der Waals surface area contributed by atoms with Gasteiger partial charge in [0.05, 0.1) is 0 Å². The van der Waals surface area contributed by atoms with Crippen molar-refractivity contribution in [1.82, 2.24) is 0 Å². The minimum absolute atomic E-state index is 0.0667. The molecular formula is C47H90O6. The molecule has 0 aromatic carbocycles. The zero-order chi connectivity index (χ0) is 39.2. The highest BCUT2D eigenvalue weighted by molar-refractivity contribution is 5.71. The maximum atomic E-state index is 12.7. The Hall–Kier alpha value is -1.59. The predicted octanol–water partition coefficient (Wildman–Crippen LogP) is 14.4. The van der Waals surface area contributed by atoms with Gasteiger partial charge in [-0.05, 0) is 37.0 Å². The van der Waals surface area contributed by atoms with Crippen molar-refractivity contribution in [2.24, 2.45) is 17.8 Å². The molecule has 6 heteroatoms. The quantitative estimate of drug-likeness (QED) is 0.0352. The maximum Gasteiger partial charge on any atom is 0.306 e. The van der Waals surface area contributed by atoms with Crippen LogP contribution in [0.1, 0.15) is 247 Å². The third kappa shape index (κ3) is 41.4. The second-order valence-electron chi connectivity index (χ2n) is 17.5. The van der Waals surface area contributed by atoms with Crippen molar-refractivity contribution in [1.29, 1.82) is 0 Å². The second-order valence-corrected chi connectivity index (χ2v) is 17.5. The lowest BCUT2D eigenvalue weighted by atomic mass is 10.0. The summed E-state index contributed by atoms with van der Waals surface area (Å²) in [7, 11) is 0. The third-order valence-electron chi connectivity index (χ3n) is 10.4. The Labute approximate surface area is 329 Å². The molecule has 0 rings (SSSR count). The first-order valence-electron chi connectivity index (χ1n) is 23.1. The average Bonchev–Trinajstić information content (AvgIpc) is 3.11. The molecule has 0 aliphatic rings. The first kappa shape index (κ1) is 51.4. The van der Waals surface area contributed by atoms with E-state index in [4.69, 9.17) is 14.2 Å². The van der Waals surface area contributed by atoms with Crippen molar-refractivity contribution in [2.75, 3.05) is 13.2 Å². The predicted molar refractivity (Wildman–Crippen MR) is 224 cm³/mol. The molecule has 0 radical (unpaired) electrons. The summed E-state index contributed by atoms with van der Waals surface area (Å²) in [4.78, 5) is 37.7. The first-order valence-corrected chi connectivity index (χ1v) is 23.1. The summed E-state index contributed by atoms with van der Waals surface area (Å²) in [5, 5.41) is 0. The normalized spacial score (nSPS) is 12.2. The smallest absolute Gasteiger partial charge is 0.306 e. The van der Waals surface area contributed by atoms with E-state index >= 15 is 0 Å². The van der Waals surface area contributed by atoms with E-state index in [2.05, 4.69) is 41.5 Å². The van der Waals surface area contributed by atoms with Gasteiger partial charge in [0.25, 0.3) is 0 Å². The van der Waals surface area contributed by atoms with Gasteiger partial charge in [0.2, 0.25) is 0 Å². The van der Waals surface area contributed by atoms with Crippen molar-refractivity contribution in [3.05, 3.63) is 0 Å². The number of carbonyl (C=O) groups is 3. The summed E-state index contributed by atoms with van der Waals surface area (Å²) in [6.45, 7) is 13.6. The maximum absolute atomic E-state index is 12.7. The lowest BCUT2D eigenvalue weighted by molar-refractivity contribution is -0.167. The Morgan fingerprint density at radius 1 is 0.321 bits per heavy atom. The molecular weight excluding hydrogens is 661 g/mol. The molecule has 0 saturated carbocycles. The molecule has 0 aliphatic heterocycles. The molecule has 0 aromatic heterocycles. The van der Waals surface area contributed by atoms with Gasteiger partial charge in [-0.25, -0.2) is 0 Å². The molecule has 6 nitrogen and oxygen atoms in total. The van der Waals surface area contributed by atoms with Gasteiger partial charge >= 0.3 is 17.9 Å². The summed E-state index contributed by atoms with van der Waals surface area (Å²) in [5.41, 5.74) is 0. The van der Waals surface area contributed by atoms with Crippen LogP contribution in [0.15, 0.2) is 0 Å². The average molecular weight is 751 g/mol. The fourth-order valence-corrected chi connectivity index (χ4v) is 6.88.